The molecule has 2 aromatic heterocycles. The SMILES string of the molecule is CNCCNc1ccn2ncc(Br)c2n1. The fourth-order valence-electron chi connectivity index (χ4n) is 1.26. The van der Waals surface area contributed by atoms with Crippen molar-refractivity contribution < 1.29 is 0 Å². The van der Waals surface area contributed by atoms with Gasteiger partial charge in [0.2, 0.25) is 0 Å². The smallest absolute Gasteiger partial charge is 0.171 e. The Hall–Kier alpha value is -1.14. The third kappa shape index (κ3) is 2.27. The van der Waals surface area contributed by atoms with E-state index in [0.717, 1.165) is 29.0 Å². The highest BCUT2D eigenvalue weighted by Gasteiger charge is 2.02. The lowest BCUT2D eigenvalue weighted by molar-refractivity contribution is 0.820. The van der Waals surface area contributed by atoms with Gasteiger partial charge in [0.15, 0.2) is 5.65 Å². The second-order valence-electron chi connectivity index (χ2n) is 3.10. The largest absolute Gasteiger partial charge is 0.369 e. The van der Waals surface area contributed by atoms with Crippen LogP contribution in [0.2, 0.25) is 0 Å². The number of nitrogens with one attached hydrogen (secondary N) is 2. The van der Waals surface area contributed by atoms with Crippen LogP contribution >= 0.6 is 15.9 Å². The number of likely N-dealkylation sites (N-methyl/N-ethyl adjacent to an activating group) is 1. The van der Waals surface area contributed by atoms with Gasteiger partial charge in [0, 0.05) is 19.3 Å². The van der Waals surface area contributed by atoms with Crippen molar-refractivity contribution in [3.05, 3.63) is 22.9 Å². The summed E-state index contributed by atoms with van der Waals surface area (Å²) in [6.07, 6.45) is 3.62. The van der Waals surface area contributed by atoms with Gasteiger partial charge in [-0.15, -0.1) is 0 Å². The molecule has 5 nitrogen and oxygen atoms in total. The van der Waals surface area contributed by atoms with Crippen LogP contribution in [0.3, 0.4) is 0 Å². The lowest BCUT2D eigenvalue weighted by Crippen LogP contribution is -2.18. The van der Waals surface area contributed by atoms with Crippen molar-refractivity contribution in [2.45, 2.75) is 0 Å². The van der Waals surface area contributed by atoms with E-state index >= 15 is 0 Å². The van der Waals surface area contributed by atoms with Gasteiger partial charge in [-0.2, -0.15) is 5.10 Å². The fourth-order valence-corrected chi connectivity index (χ4v) is 1.62. The summed E-state index contributed by atoms with van der Waals surface area (Å²) in [5.74, 6) is 0.860. The van der Waals surface area contributed by atoms with E-state index in [2.05, 4.69) is 36.6 Å². The van der Waals surface area contributed by atoms with Crippen molar-refractivity contribution in [2.75, 3.05) is 25.5 Å². The molecular weight excluding hydrogens is 258 g/mol. The van der Waals surface area contributed by atoms with E-state index in [-0.39, 0.29) is 0 Å². The first-order valence-electron chi connectivity index (χ1n) is 4.69. The lowest BCUT2D eigenvalue weighted by atomic mass is 10.5. The zero-order valence-corrected chi connectivity index (χ0v) is 9.95. The predicted octanol–water partition coefficient (Wildman–Crippen LogP) is 1.12. The van der Waals surface area contributed by atoms with E-state index < -0.39 is 0 Å². The highest BCUT2D eigenvalue weighted by atomic mass is 79.9. The predicted molar refractivity (Wildman–Crippen MR) is 63.1 cm³/mol. The van der Waals surface area contributed by atoms with E-state index in [0.29, 0.717) is 0 Å². The molecule has 0 aliphatic heterocycles. The van der Waals surface area contributed by atoms with Crippen LogP contribution in [0.1, 0.15) is 0 Å². The molecule has 2 heterocycles. The summed E-state index contributed by atoms with van der Waals surface area (Å²) < 4.78 is 2.63. The molecule has 0 amide bonds. The average Bonchev–Trinajstić information content (AvgIpc) is 2.61. The average molecular weight is 270 g/mol. The van der Waals surface area contributed by atoms with Crippen LogP contribution in [0.25, 0.3) is 5.65 Å². The molecule has 2 rings (SSSR count). The second-order valence-corrected chi connectivity index (χ2v) is 3.96. The number of aromatic nitrogens is 3. The van der Waals surface area contributed by atoms with Crippen LogP contribution < -0.4 is 10.6 Å². The van der Waals surface area contributed by atoms with Crippen molar-refractivity contribution in [2.24, 2.45) is 0 Å². The van der Waals surface area contributed by atoms with E-state index in [9.17, 15) is 0 Å². The monoisotopic (exact) mass is 269 g/mol. The molecule has 0 bridgehead atoms. The van der Waals surface area contributed by atoms with E-state index in [1.54, 1.807) is 10.7 Å². The molecule has 0 aliphatic carbocycles. The maximum atomic E-state index is 4.42. The molecule has 0 radical (unpaired) electrons. The van der Waals surface area contributed by atoms with Gasteiger partial charge in [0.1, 0.15) is 5.82 Å². The van der Waals surface area contributed by atoms with Gasteiger partial charge in [-0.05, 0) is 29.0 Å². The Morgan fingerprint density at radius 3 is 3.13 bits per heavy atom. The minimum atomic E-state index is 0.824. The van der Waals surface area contributed by atoms with Crippen molar-refractivity contribution in [1.29, 1.82) is 0 Å². The Labute approximate surface area is 96.0 Å². The summed E-state index contributed by atoms with van der Waals surface area (Å²) in [6.45, 7) is 1.76. The van der Waals surface area contributed by atoms with Crippen LogP contribution in [0.15, 0.2) is 22.9 Å². The molecule has 15 heavy (non-hydrogen) atoms. The second kappa shape index (κ2) is 4.59. The molecule has 0 atom stereocenters. The number of rotatable bonds is 4. The Morgan fingerprint density at radius 2 is 2.33 bits per heavy atom. The standard InChI is InChI=1S/C9H12BrN5/c1-11-3-4-12-8-2-5-15-9(14-8)7(10)6-13-15/h2,5-6,11H,3-4H2,1H3,(H,12,14). The highest BCUT2D eigenvalue weighted by molar-refractivity contribution is 9.10. The first-order chi connectivity index (χ1) is 7.31. The third-order valence-electron chi connectivity index (χ3n) is 2.01. The Bertz CT molecular complexity index is 453. The molecule has 2 N–H and O–H groups in total. The van der Waals surface area contributed by atoms with Gasteiger partial charge in [-0.25, -0.2) is 9.50 Å². The zero-order valence-electron chi connectivity index (χ0n) is 8.37. The lowest BCUT2D eigenvalue weighted by Gasteiger charge is -2.04. The fraction of sp³-hybridized carbons (Fsp3) is 0.333. The van der Waals surface area contributed by atoms with Gasteiger partial charge in [0.05, 0.1) is 10.7 Å². The molecule has 0 aromatic carbocycles. The quantitative estimate of drug-likeness (QED) is 0.817. The number of anilines is 1. The maximum absolute atomic E-state index is 4.42. The molecule has 0 unspecified atom stereocenters. The van der Waals surface area contributed by atoms with E-state index in [1.165, 1.54) is 0 Å². The third-order valence-corrected chi connectivity index (χ3v) is 2.57. The maximum Gasteiger partial charge on any atom is 0.171 e. The minimum Gasteiger partial charge on any atom is -0.369 e. The normalized spacial score (nSPS) is 10.8. The molecule has 0 spiro atoms. The van der Waals surface area contributed by atoms with Crippen molar-refractivity contribution in [1.82, 2.24) is 19.9 Å². The first-order valence-corrected chi connectivity index (χ1v) is 5.49. The van der Waals surface area contributed by atoms with Gasteiger partial charge in [0.25, 0.3) is 0 Å². The molecule has 0 aliphatic rings. The molecular formula is C9H12BrN5. The number of hydrogen-bond donors (Lipinski definition) is 2. The van der Waals surface area contributed by atoms with Crippen molar-refractivity contribution >= 4 is 27.4 Å². The Morgan fingerprint density at radius 1 is 1.47 bits per heavy atom. The minimum absolute atomic E-state index is 0.824. The van der Waals surface area contributed by atoms with Gasteiger partial charge >= 0.3 is 0 Å². The molecule has 0 saturated carbocycles. The summed E-state index contributed by atoms with van der Waals surface area (Å²) in [5.41, 5.74) is 0.824. The Balaban J connectivity index is 2.18. The zero-order chi connectivity index (χ0) is 10.7. The molecule has 0 fully saturated rings. The number of halogens is 1. The summed E-state index contributed by atoms with van der Waals surface area (Å²) >= 11 is 3.40. The van der Waals surface area contributed by atoms with E-state index in [4.69, 9.17) is 0 Å². The van der Waals surface area contributed by atoms with E-state index in [1.807, 2.05) is 19.3 Å². The van der Waals surface area contributed by atoms with Crippen LogP contribution in [0, 0.1) is 0 Å². The summed E-state index contributed by atoms with van der Waals surface area (Å²) in [7, 11) is 1.92. The summed E-state index contributed by atoms with van der Waals surface area (Å²) in [6, 6.07) is 1.90. The Kier molecular flexibility index (Phi) is 3.17. The highest BCUT2D eigenvalue weighted by Crippen LogP contribution is 2.16. The van der Waals surface area contributed by atoms with Gasteiger partial charge < -0.3 is 10.6 Å². The summed E-state index contributed by atoms with van der Waals surface area (Å²) in [5, 5.41) is 10.4. The first kappa shape index (κ1) is 10.4. The number of fused-ring (bicyclic) bond motifs is 1. The number of hydrogen-bond acceptors (Lipinski definition) is 4. The molecule has 2 aromatic rings. The molecule has 80 valence electrons. The van der Waals surface area contributed by atoms with Gasteiger partial charge in [-0.3, -0.25) is 0 Å². The van der Waals surface area contributed by atoms with Crippen LogP contribution in [0.4, 0.5) is 5.82 Å². The van der Waals surface area contributed by atoms with Gasteiger partial charge in [-0.1, -0.05) is 0 Å². The van der Waals surface area contributed by atoms with Crippen LogP contribution in [-0.2, 0) is 0 Å². The number of nitrogens with zero attached hydrogens (tertiary/aromatic N) is 3. The van der Waals surface area contributed by atoms with Crippen molar-refractivity contribution in [3.63, 3.8) is 0 Å². The molecule has 0 saturated heterocycles. The molecule has 6 heteroatoms. The van der Waals surface area contributed by atoms with Crippen molar-refractivity contribution in [3.8, 4) is 0 Å². The van der Waals surface area contributed by atoms with Crippen LogP contribution in [-0.4, -0.2) is 34.7 Å². The summed E-state index contributed by atoms with van der Waals surface area (Å²) in [4.78, 5) is 4.42. The topological polar surface area (TPSA) is 54.2 Å². The van der Waals surface area contributed by atoms with Crippen LogP contribution in [0.5, 0.6) is 0 Å².